The molecule has 0 N–H and O–H groups in total. The first-order valence-electron chi connectivity index (χ1n) is 9.14. The minimum atomic E-state index is -0.392. The fourth-order valence-corrected chi connectivity index (χ4v) is 3.34. The predicted octanol–water partition coefficient (Wildman–Crippen LogP) is 3.28. The van der Waals surface area contributed by atoms with E-state index in [9.17, 15) is 10.1 Å². The van der Waals surface area contributed by atoms with Crippen LogP contribution >= 0.6 is 0 Å². The number of hydrogen-bond acceptors (Lipinski definition) is 6. The first kappa shape index (κ1) is 18.3. The van der Waals surface area contributed by atoms with Gasteiger partial charge in [0.1, 0.15) is 5.82 Å². The summed E-state index contributed by atoms with van der Waals surface area (Å²) in [6.07, 6.45) is 2.28. The zero-order valence-electron chi connectivity index (χ0n) is 15.4. The van der Waals surface area contributed by atoms with E-state index in [2.05, 4.69) is 21.7 Å². The lowest BCUT2D eigenvalue weighted by Crippen LogP contribution is -2.31. The molecule has 1 aromatic carbocycles. The Morgan fingerprint density at radius 1 is 1.15 bits per heavy atom. The van der Waals surface area contributed by atoms with Crippen molar-refractivity contribution in [3.8, 4) is 11.4 Å². The van der Waals surface area contributed by atoms with Crippen LogP contribution in [-0.4, -0.2) is 52.5 Å². The van der Waals surface area contributed by atoms with E-state index in [1.807, 2.05) is 19.1 Å². The summed E-state index contributed by atoms with van der Waals surface area (Å²) in [5, 5.41) is 11.0. The molecule has 1 aliphatic rings. The summed E-state index contributed by atoms with van der Waals surface area (Å²) in [4.78, 5) is 24.7. The Kier molecular flexibility index (Phi) is 5.78. The largest absolute Gasteiger partial charge is 0.355 e. The number of nitro benzene ring substituents is 1. The highest BCUT2D eigenvalue weighted by Crippen LogP contribution is 2.24. The van der Waals surface area contributed by atoms with Gasteiger partial charge in [-0.1, -0.05) is 19.1 Å². The number of rotatable bonds is 5. The van der Waals surface area contributed by atoms with Crippen LogP contribution in [0.1, 0.15) is 25.5 Å². The number of benzene rings is 1. The molecule has 2 aromatic rings. The second-order valence-corrected chi connectivity index (χ2v) is 6.68. The Labute approximate surface area is 153 Å². The van der Waals surface area contributed by atoms with Gasteiger partial charge < -0.3 is 9.80 Å². The van der Waals surface area contributed by atoms with Crippen LogP contribution in [0, 0.1) is 17.0 Å². The number of anilines is 1. The Morgan fingerprint density at radius 2 is 2.00 bits per heavy atom. The van der Waals surface area contributed by atoms with E-state index in [-0.39, 0.29) is 5.69 Å². The Balaban J connectivity index is 1.86. The molecule has 0 amide bonds. The van der Waals surface area contributed by atoms with Gasteiger partial charge >= 0.3 is 0 Å². The van der Waals surface area contributed by atoms with Crippen molar-refractivity contribution in [2.24, 2.45) is 0 Å². The molecule has 7 nitrogen and oxygen atoms in total. The minimum Gasteiger partial charge on any atom is -0.355 e. The van der Waals surface area contributed by atoms with Crippen LogP contribution in [0.2, 0.25) is 0 Å². The monoisotopic (exact) mass is 355 g/mol. The molecule has 26 heavy (non-hydrogen) atoms. The molecule has 0 saturated carbocycles. The van der Waals surface area contributed by atoms with Crippen LogP contribution in [-0.2, 0) is 0 Å². The number of aromatic nitrogens is 2. The molecule has 1 saturated heterocycles. The molecule has 3 rings (SSSR count). The maximum Gasteiger partial charge on any atom is 0.270 e. The SMILES string of the molecule is CCCN1CCCN(c2cc(C)nc(-c3cccc([N+](=O)[O-])c3)n2)CC1. The molecule has 138 valence electrons. The van der Waals surface area contributed by atoms with Crippen LogP contribution in [0.25, 0.3) is 11.4 Å². The lowest BCUT2D eigenvalue weighted by atomic mass is 10.2. The third kappa shape index (κ3) is 4.35. The van der Waals surface area contributed by atoms with E-state index in [1.54, 1.807) is 6.07 Å². The van der Waals surface area contributed by atoms with Gasteiger partial charge in [0.05, 0.1) is 4.92 Å². The molecule has 1 fully saturated rings. The smallest absolute Gasteiger partial charge is 0.270 e. The quantitative estimate of drug-likeness (QED) is 0.605. The molecular formula is C19H25N5O2. The van der Waals surface area contributed by atoms with Gasteiger partial charge in [0.2, 0.25) is 0 Å². The van der Waals surface area contributed by atoms with Crippen molar-refractivity contribution in [1.29, 1.82) is 0 Å². The first-order valence-corrected chi connectivity index (χ1v) is 9.14. The average Bonchev–Trinajstić information content (AvgIpc) is 2.87. The van der Waals surface area contributed by atoms with Gasteiger partial charge in [-0.2, -0.15) is 0 Å². The Morgan fingerprint density at radius 3 is 2.77 bits per heavy atom. The highest BCUT2D eigenvalue weighted by atomic mass is 16.6. The molecule has 0 radical (unpaired) electrons. The van der Waals surface area contributed by atoms with Crippen LogP contribution in [0.4, 0.5) is 11.5 Å². The van der Waals surface area contributed by atoms with Crippen molar-refractivity contribution in [3.63, 3.8) is 0 Å². The van der Waals surface area contributed by atoms with Crippen molar-refractivity contribution >= 4 is 11.5 Å². The zero-order chi connectivity index (χ0) is 18.5. The van der Waals surface area contributed by atoms with Gasteiger partial charge in [-0.25, -0.2) is 9.97 Å². The first-order chi connectivity index (χ1) is 12.6. The summed E-state index contributed by atoms with van der Waals surface area (Å²) in [7, 11) is 0. The summed E-state index contributed by atoms with van der Waals surface area (Å²) in [6.45, 7) is 9.33. The number of nitro groups is 1. The molecular weight excluding hydrogens is 330 g/mol. The predicted molar refractivity (Wildman–Crippen MR) is 102 cm³/mol. The minimum absolute atomic E-state index is 0.0548. The second kappa shape index (κ2) is 8.23. The molecule has 0 spiro atoms. The van der Waals surface area contributed by atoms with Crippen molar-refractivity contribution in [1.82, 2.24) is 14.9 Å². The van der Waals surface area contributed by atoms with Gasteiger partial charge in [-0.3, -0.25) is 10.1 Å². The molecule has 7 heteroatoms. The van der Waals surface area contributed by atoms with Gasteiger partial charge in [0.25, 0.3) is 5.69 Å². The number of non-ortho nitro benzene ring substituents is 1. The molecule has 1 aromatic heterocycles. The van der Waals surface area contributed by atoms with Gasteiger partial charge in [0, 0.05) is 49.1 Å². The van der Waals surface area contributed by atoms with Crippen LogP contribution < -0.4 is 4.90 Å². The van der Waals surface area contributed by atoms with E-state index in [1.165, 1.54) is 18.6 Å². The molecule has 0 atom stereocenters. The second-order valence-electron chi connectivity index (χ2n) is 6.68. The van der Waals surface area contributed by atoms with Crippen molar-refractivity contribution in [2.75, 3.05) is 37.6 Å². The summed E-state index contributed by atoms with van der Waals surface area (Å²) in [6, 6.07) is 8.50. The topological polar surface area (TPSA) is 75.4 Å². The highest BCUT2D eigenvalue weighted by molar-refractivity contribution is 5.61. The number of hydrogen-bond donors (Lipinski definition) is 0. The maximum atomic E-state index is 11.0. The van der Waals surface area contributed by atoms with Crippen molar-refractivity contribution in [3.05, 3.63) is 46.1 Å². The summed E-state index contributed by atoms with van der Waals surface area (Å²) in [5.41, 5.74) is 1.59. The van der Waals surface area contributed by atoms with Gasteiger partial charge in [-0.15, -0.1) is 0 Å². The number of aryl methyl sites for hydroxylation is 1. The molecule has 0 bridgehead atoms. The molecule has 1 aliphatic heterocycles. The van der Waals surface area contributed by atoms with E-state index < -0.39 is 4.92 Å². The van der Waals surface area contributed by atoms with Crippen LogP contribution in [0.15, 0.2) is 30.3 Å². The molecule has 0 aliphatic carbocycles. The fraction of sp³-hybridized carbons (Fsp3) is 0.474. The van der Waals surface area contributed by atoms with Crippen LogP contribution in [0.5, 0.6) is 0 Å². The Bertz CT molecular complexity index is 780. The standard InChI is InChI=1S/C19H25N5O2/c1-3-8-22-9-5-10-23(12-11-22)18-13-15(2)20-19(21-18)16-6-4-7-17(14-16)24(25)26/h4,6-7,13-14H,3,5,8-12H2,1-2H3. The van der Waals surface area contributed by atoms with Crippen LogP contribution in [0.3, 0.4) is 0 Å². The molecule has 2 heterocycles. The van der Waals surface area contributed by atoms with Crippen molar-refractivity contribution in [2.45, 2.75) is 26.7 Å². The average molecular weight is 355 g/mol. The lowest BCUT2D eigenvalue weighted by Gasteiger charge is -2.23. The van der Waals surface area contributed by atoms with E-state index >= 15 is 0 Å². The number of nitrogens with zero attached hydrogens (tertiary/aromatic N) is 5. The van der Waals surface area contributed by atoms with Gasteiger partial charge in [-0.05, 0) is 32.9 Å². The highest BCUT2D eigenvalue weighted by Gasteiger charge is 2.17. The maximum absolute atomic E-state index is 11.0. The third-order valence-corrected chi connectivity index (χ3v) is 4.61. The fourth-order valence-electron chi connectivity index (χ4n) is 3.34. The summed E-state index contributed by atoms with van der Waals surface area (Å²) in [5.74, 6) is 1.44. The van der Waals surface area contributed by atoms with E-state index in [0.29, 0.717) is 11.4 Å². The van der Waals surface area contributed by atoms with Gasteiger partial charge in [0.15, 0.2) is 5.82 Å². The Hall–Kier alpha value is -2.54. The normalized spacial score (nSPS) is 15.7. The summed E-state index contributed by atoms with van der Waals surface area (Å²) < 4.78 is 0. The lowest BCUT2D eigenvalue weighted by molar-refractivity contribution is -0.384. The van der Waals surface area contributed by atoms with E-state index in [4.69, 9.17) is 4.98 Å². The van der Waals surface area contributed by atoms with Crippen molar-refractivity contribution < 1.29 is 4.92 Å². The zero-order valence-corrected chi connectivity index (χ0v) is 15.4. The molecule has 0 unspecified atom stereocenters. The summed E-state index contributed by atoms with van der Waals surface area (Å²) >= 11 is 0. The third-order valence-electron chi connectivity index (χ3n) is 4.61. The van der Waals surface area contributed by atoms with E-state index in [0.717, 1.165) is 50.7 Å².